The van der Waals surface area contributed by atoms with E-state index < -0.39 is 0 Å². The fraction of sp³-hybridized carbons (Fsp3) is 0.643. The number of ether oxygens (including phenoxy) is 1. The molecule has 3 heteroatoms. The van der Waals surface area contributed by atoms with Crippen LogP contribution in [0.5, 0.6) is 0 Å². The Hall–Kier alpha value is -1.09. The summed E-state index contributed by atoms with van der Waals surface area (Å²) < 4.78 is 6.10. The van der Waals surface area contributed by atoms with Crippen LogP contribution in [0.25, 0.3) is 0 Å². The molecule has 1 aromatic heterocycles. The number of pyridine rings is 1. The standard InChI is InChI=1S/C14H22N2O/c1-13(2)9-11(14(3,4)17-13)8-10-6-5-7-16-12(10)15/h5-7,11H,8-9H2,1-4H3,(H2,15,16). The molecule has 0 bridgehead atoms. The molecule has 3 nitrogen and oxygen atoms in total. The first-order valence-corrected chi connectivity index (χ1v) is 6.20. The summed E-state index contributed by atoms with van der Waals surface area (Å²) in [5.41, 5.74) is 6.91. The van der Waals surface area contributed by atoms with Gasteiger partial charge in [0.05, 0.1) is 11.2 Å². The van der Waals surface area contributed by atoms with Gasteiger partial charge in [0.2, 0.25) is 0 Å². The highest BCUT2D eigenvalue weighted by Crippen LogP contribution is 2.43. The fourth-order valence-electron chi connectivity index (χ4n) is 2.88. The van der Waals surface area contributed by atoms with E-state index in [-0.39, 0.29) is 11.2 Å². The van der Waals surface area contributed by atoms with Crippen molar-refractivity contribution < 1.29 is 4.74 Å². The highest BCUT2D eigenvalue weighted by molar-refractivity contribution is 5.38. The van der Waals surface area contributed by atoms with Crippen molar-refractivity contribution in [1.82, 2.24) is 4.98 Å². The minimum atomic E-state index is -0.0915. The van der Waals surface area contributed by atoms with Gasteiger partial charge in [0.1, 0.15) is 5.82 Å². The van der Waals surface area contributed by atoms with Crippen LogP contribution in [0.3, 0.4) is 0 Å². The molecule has 1 saturated heterocycles. The molecule has 2 heterocycles. The quantitative estimate of drug-likeness (QED) is 0.856. The maximum absolute atomic E-state index is 6.10. The molecule has 0 amide bonds. The van der Waals surface area contributed by atoms with Crippen LogP contribution >= 0.6 is 0 Å². The lowest BCUT2D eigenvalue weighted by Crippen LogP contribution is -2.30. The van der Waals surface area contributed by atoms with Crippen LogP contribution in [0.4, 0.5) is 5.82 Å². The largest absolute Gasteiger partial charge is 0.383 e. The number of hydrogen-bond acceptors (Lipinski definition) is 3. The van der Waals surface area contributed by atoms with Gasteiger partial charge in [-0.2, -0.15) is 0 Å². The first kappa shape index (κ1) is 12.4. The van der Waals surface area contributed by atoms with Crippen molar-refractivity contribution in [2.75, 3.05) is 5.73 Å². The Morgan fingerprint density at radius 2 is 2.12 bits per heavy atom. The second-order valence-electron chi connectivity index (χ2n) is 6.12. The van der Waals surface area contributed by atoms with Crippen LogP contribution in [0.1, 0.15) is 39.7 Å². The first-order valence-electron chi connectivity index (χ1n) is 6.20. The molecular formula is C14H22N2O. The number of nitrogens with two attached hydrogens (primary N) is 1. The second-order valence-corrected chi connectivity index (χ2v) is 6.12. The van der Waals surface area contributed by atoms with Gasteiger partial charge in [0.25, 0.3) is 0 Å². The van der Waals surface area contributed by atoms with Gasteiger partial charge in [-0.25, -0.2) is 4.98 Å². The van der Waals surface area contributed by atoms with Crippen molar-refractivity contribution in [1.29, 1.82) is 0 Å². The predicted molar refractivity (Wildman–Crippen MR) is 69.7 cm³/mol. The molecule has 1 fully saturated rings. The van der Waals surface area contributed by atoms with Crippen molar-refractivity contribution in [2.45, 2.75) is 51.7 Å². The van der Waals surface area contributed by atoms with Gasteiger partial charge in [-0.05, 0) is 58.1 Å². The Labute approximate surface area is 103 Å². The van der Waals surface area contributed by atoms with Gasteiger partial charge >= 0.3 is 0 Å². The third-order valence-electron chi connectivity index (χ3n) is 3.65. The van der Waals surface area contributed by atoms with Gasteiger partial charge in [0, 0.05) is 6.20 Å². The smallest absolute Gasteiger partial charge is 0.126 e. The lowest BCUT2D eigenvalue weighted by Gasteiger charge is -2.27. The second kappa shape index (κ2) is 3.98. The Kier molecular flexibility index (Phi) is 2.90. The molecule has 1 aliphatic heterocycles. The van der Waals surface area contributed by atoms with E-state index in [1.54, 1.807) is 6.20 Å². The van der Waals surface area contributed by atoms with E-state index >= 15 is 0 Å². The van der Waals surface area contributed by atoms with Crippen molar-refractivity contribution in [3.63, 3.8) is 0 Å². The normalized spacial score (nSPS) is 26.0. The summed E-state index contributed by atoms with van der Waals surface area (Å²) in [5.74, 6) is 1.14. The monoisotopic (exact) mass is 234 g/mol. The molecule has 2 rings (SSSR count). The molecular weight excluding hydrogens is 212 g/mol. The van der Waals surface area contributed by atoms with E-state index in [1.165, 1.54) is 0 Å². The topological polar surface area (TPSA) is 48.1 Å². The summed E-state index contributed by atoms with van der Waals surface area (Å²) >= 11 is 0. The van der Waals surface area contributed by atoms with Crippen LogP contribution in [-0.2, 0) is 11.2 Å². The molecule has 1 aromatic rings. The Morgan fingerprint density at radius 1 is 1.41 bits per heavy atom. The molecule has 0 spiro atoms. The molecule has 0 saturated carbocycles. The van der Waals surface area contributed by atoms with Crippen LogP contribution in [0, 0.1) is 5.92 Å². The fourth-order valence-corrected chi connectivity index (χ4v) is 2.88. The number of rotatable bonds is 2. The van der Waals surface area contributed by atoms with Crippen LogP contribution in [0.15, 0.2) is 18.3 Å². The SMILES string of the molecule is CC1(C)CC(Cc2cccnc2N)C(C)(C)O1. The maximum Gasteiger partial charge on any atom is 0.126 e. The molecule has 94 valence electrons. The van der Waals surface area contributed by atoms with E-state index in [0.29, 0.717) is 11.7 Å². The third kappa shape index (κ3) is 2.60. The average Bonchev–Trinajstić information content (AvgIpc) is 2.38. The first-order chi connectivity index (χ1) is 7.80. The predicted octanol–water partition coefficient (Wildman–Crippen LogP) is 2.80. The zero-order valence-corrected chi connectivity index (χ0v) is 11.2. The van der Waals surface area contributed by atoms with Crippen molar-refractivity contribution in [3.8, 4) is 0 Å². The number of nitrogens with zero attached hydrogens (tertiary/aromatic N) is 1. The zero-order valence-electron chi connectivity index (χ0n) is 11.2. The van der Waals surface area contributed by atoms with E-state index in [0.717, 1.165) is 18.4 Å². The third-order valence-corrected chi connectivity index (χ3v) is 3.65. The van der Waals surface area contributed by atoms with Gasteiger partial charge in [-0.15, -0.1) is 0 Å². The van der Waals surface area contributed by atoms with Crippen molar-refractivity contribution in [3.05, 3.63) is 23.9 Å². The lowest BCUT2D eigenvalue weighted by molar-refractivity contribution is -0.0744. The number of hydrogen-bond donors (Lipinski definition) is 1. The average molecular weight is 234 g/mol. The summed E-state index contributed by atoms with van der Waals surface area (Å²) in [4.78, 5) is 4.14. The summed E-state index contributed by atoms with van der Waals surface area (Å²) in [5, 5.41) is 0. The van der Waals surface area contributed by atoms with Crippen molar-refractivity contribution >= 4 is 5.82 Å². The summed E-state index contributed by atoms with van der Waals surface area (Å²) in [6.07, 6.45) is 3.74. The summed E-state index contributed by atoms with van der Waals surface area (Å²) in [7, 11) is 0. The Bertz CT molecular complexity index is 412. The van der Waals surface area contributed by atoms with E-state index in [1.807, 2.05) is 6.07 Å². The molecule has 2 N–H and O–H groups in total. The van der Waals surface area contributed by atoms with E-state index in [4.69, 9.17) is 10.5 Å². The minimum Gasteiger partial charge on any atom is -0.383 e. The van der Waals surface area contributed by atoms with Crippen LogP contribution in [-0.4, -0.2) is 16.2 Å². The Morgan fingerprint density at radius 3 is 2.65 bits per heavy atom. The minimum absolute atomic E-state index is 0.0366. The zero-order chi connectivity index (χ0) is 12.7. The molecule has 1 atom stereocenters. The summed E-state index contributed by atoms with van der Waals surface area (Å²) in [6.45, 7) is 8.64. The van der Waals surface area contributed by atoms with Gasteiger partial charge in [-0.3, -0.25) is 0 Å². The van der Waals surface area contributed by atoms with E-state index in [2.05, 4.69) is 38.7 Å². The highest BCUT2D eigenvalue weighted by Gasteiger charge is 2.45. The maximum atomic E-state index is 6.10. The van der Waals surface area contributed by atoms with Gasteiger partial charge in [0.15, 0.2) is 0 Å². The highest BCUT2D eigenvalue weighted by atomic mass is 16.5. The molecule has 0 radical (unpaired) electrons. The number of anilines is 1. The molecule has 0 aliphatic carbocycles. The van der Waals surface area contributed by atoms with Crippen LogP contribution < -0.4 is 5.73 Å². The molecule has 1 aliphatic rings. The van der Waals surface area contributed by atoms with Gasteiger partial charge < -0.3 is 10.5 Å². The van der Waals surface area contributed by atoms with Gasteiger partial charge in [-0.1, -0.05) is 6.07 Å². The molecule has 17 heavy (non-hydrogen) atoms. The van der Waals surface area contributed by atoms with E-state index in [9.17, 15) is 0 Å². The number of nitrogen functional groups attached to an aromatic ring is 1. The van der Waals surface area contributed by atoms with Crippen molar-refractivity contribution in [2.24, 2.45) is 5.92 Å². The van der Waals surface area contributed by atoms with Crippen LogP contribution in [0.2, 0.25) is 0 Å². The molecule has 1 unspecified atom stereocenters. The summed E-state index contributed by atoms with van der Waals surface area (Å²) in [6, 6.07) is 4.00. The molecule has 0 aromatic carbocycles. The lowest BCUT2D eigenvalue weighted by atomic mass is 9.83. The number of aromatic nitrogens is 1. The Balaban J connectivity index is 2.17.